The van der Waals surface area contributed by atoms with Crippen LogP contribution < -0.4 is 20.6 Å². The maximum Gasteiger partial charge on any atom is 0.337 e. The number of hydrogen-bond donors (Lipinski definition) is 0. The van der Waals surface area contributed by atoms with Crippen molar-refractivity contribution >= 4 is 57.4 Å². The molecular weight excluding hydrogens is 715 g/mol. The topological polar surface area (TPSA) is 19.6 Å². The van der Waals surface area contributed by atoms with Crippen LogP contribution in [0.5, 0.6) is 0 Å². The van der Waals surface area contributed by atoms with Crippen LogP contribution in [0, 0.1) is 13.8 Å². The third-order valence-corrected chi connectivity index (χ3v) is 14.8. The Bertz CT molecular complexity index is 2940. The largest absolute Gasteiger partial charge is 0.440 e. The number of aryl methyl sites for hydroxylation is 2. The van der Waals surface area contributed by atoms with Gasteiger partial charge in [-0.25, -0.2) is 0 Å². The van der Waals surface area contributed by atoms with Crippen molar-refractivity contribution in [3.8, 4) is 22.3 Å². The van der Waals surface area contributed by atoms with Crippen molar-refractivity contribution in [1.29, 1.82) is 0 Å². The van der Waals surface area contributed by atoms with E-state index in [1.165, 1.54) is 107 Å². The first kappa shape index (κ1) is 36.6. The van der Waals surface area contributed by atoms with Crippen LogP contribution in [-0.2, 0) is 21.7 Å². The van der Waals surface area contributed by atoms with Gasteiger partial charge in [-0.3, -0.25) is 4.90 Å². The molecule has 0 unspecified atom stereocenters. The molecule has 6 aromatic carbocycles. The highest BCUT2D eigenvalue weighted by molar-refractivity contribution is 6.95. The molecule has 0 spiro atoms. The molecule has 0 radical (unpaired) electrons. The zero-order valence-electron chi connectivity index (χ0n) is 36.7. The second-order valence-corrected chi connectivity index (χ2v) is 21.0. The van der Waals surface area contributed by atoms with E-state index in [-0.39, 0.29) is 28.5 Å². The van der Waals surface area contributed by atoms with Gasteiger partial charge in [-0.05, 0) is 146 Å². The van der Waals surface area contributed by atoms with Gasteiger partial charge in [-0.15, -0.1) is 0 Å². The lowest BCUT2D eigenvalue weighted by Gasteiger charge is -2.46. The number of para-hydroxylation sites is 1. The molecule has 0 fully saturated rings. The number of anilines is 5. The molecule has 294 valence electrons. The summed E-state index contributed by atoms with van der Waals surface area (Å²) in [5.41, 5.74) is 23.3. The first-order valence-electron chi connectivity index (χ1n) is 21.8. The SMILES string of the molecule is Cc1cc2c3c(c1)N(c1cc4c(cc1C)C(C)(C)CCC4(C)C)c1oc4ccccc4c1B3N(c1ccc(C(C)(C)C)cc1)c1cc3c(cc1-2)-c1ccccc1C3(C)C. The molecule has 59 heavy (non-hydrogen) atoms. The summed E-state index contributed by atoms with van der Waals surface area (Å²) < 4.78 is 7.23. The fraction of sp³-hybridized carbons (Fsp3) is 0.309. The van der Waals surface area contributed by atoms with Crippen LogP contribution in [0.3, 0.4) is 0 Å². The average molecular weight is 771 g/mol. The summed E-state index contributed by atoms with van der Waals surface area (Å²) in [6, 6.07) is 42.2. The zero-order valence-corrected chi connectivity index (χ0v) is 36.7. The van der Waals surface area contributed by atoms with Gasteiger partial charge >= 0.3 is 6.85 Å². The average Bonchev–Trinajstić information content (AvgIpc) is 3.68. The van der Waals surface area contributed by atoms with E-state index in [9.17, 15) is 0 Å². The first-order valence-corrected chi connectivity index (χ1v) is 21.8. The maximum atomic E-state index is 7.23. The Morgan fingerprint density at radius 1 is 0.576 bits per heavy atom. The molecule has 4 aliphatic rings. The van der Waals surface area contributed by atoms with Gasteiger partial charge in [0.25, 0.3) is 0 Å². The fourth-order valence-corrected chi connectivity index (χ4v) is 11.4. The van der Waals surface area contributed by atoms with Crippen LogP contribution >= 0.6 is 0 Å². The molecule has 3 nitrogen and oxygen atoms in total. The standard InChI is InChI=1S/C55H55BN2O/c1-32-26-40-39-29-38-36-16-12-14-18-41(36)55(10,11)42(38)30-46(39)58(35-22-20-34(21-23-35)52(3,4)5)56-49(40)47(27-32)57(51-50(56)37-17-13-15-19-48(37)59-51)45-31-44-43(28-33(45)2)53(6,7)24-25-54(44,8)9/h12-23,26-31H,24-25H2,1-11H3. The maximum absolute atomic E-state index is 7.23. The lowest BCUT2D eigenvalue weighted by Crippen LogP contribution is -2.61. The van der Waals surface area contributed by atoms with E-state index in [4.69, 9.17) is 4.42 Å². The van der Waals surface area contributed by atoms with Crippen LogP contribution in [-0.4, -0.2) is 6.85 Å². The number of rotatable bonds is 2. The Morgan fingerprint density at radius 3 is 1.97 bits per heavy atom. The van der Waals surface area contributed by atoms with Crippen molar-refractivity contribution < 1.29 is 4.42 Å². The van der Waals surface area contributed by atoms with Gasteiger partial charge in [0.15, 0.2) is 0 Å². The highest BCUT2D eigenvalue weighted by Crippen LogP contribution is 2.56. The Balaban J connectivity index is 1.26. The summed E-state index contributed by atoms with van der Waals surface area (Å²) in [5.74, 6) is 0.921. The Morgan fingerprint density at radius 2 is 1.24 bits per heavy atom. The van der Waals surface area contributed by atoms with Crippen LogP contribution in [0.15, 0.2) is 114 Å². The molecule has 7 aromatic rings. The van der Waals surface area contributed by atoms with Gasteiger partial charge in [0.1, 0.15) is 5.58 Å². The lowest BCUT2D eigenvalue weighted by atomic mass is 9.43. The van der Waals surface area contributed by atoms with Crippen LogP contribution in [0.4, 0.5) is 28.6 Å². The minimum absolute atomic E-state index is 0.0437. The van der Waals surface area contributed by atoms with Crippen LogP contribution in [0.1, 0.15) is 114 Å². The number of fused-ring (bicyclic) bond motifs is 10. The van der Waals surface area contributed by atoms with Crippen molar-refractivity contribution in [2.45, 2.75) is 111 Å². The van der Waals surface area contributed by atoms with Gasteiger partial charge in [-0.2, -0.15) is 0 Å². The summed E-state index contributed by atoms with van der Waals surface area (Å²) in [7, 11) is 0. The Labute approximate surface area is 351 Å². The molecule has 2 aliphatic heterocycles. The highest BCUT2D eigenvalue weighted by Gasteiger charge is 2.50. The van der Waals surface area contributed by atoms with Crippen molar-refractivity contribution in [3.05, 3.63) is 148 Å². The Hall–Kier alpha value is -5.48. The first-order chi connectivity index (χ1) is 28.0. The predicted octanol–water partition coefficient (Wildman–Crippen LogP) is 13.7. The second kappa shape index (κ2) is 11.8. The summed E-state index contributed by atoms with van der Waals surface area (Å²) in [4.78, 5) is 5.16. The van der Waals surface area contributed by atoms with Gasteiger partial charge in [0.2, 0.25) is 5.88 Å². The zero-order chi connectivity index (χ0) is 41.1. The van der Waals surface area contributed by atoms with Crippen LogP contribution in [0.25, 0.3) is 33.2 Å². The number of nitrogens with zero attached hydrogens (tertiary/aromatic N) is 2. The summed E-state index contributed by atoms with van der Waals surface area (Å²) >= 11 is 0. The second-order valence-electron chi connectivity index (χ2n) is 21.0. The van der Waals surface area contributed by atoms with E-state index in [0.717, 1.165) is 17.9 Å². The normalized spacial score (nSPS) is 17.6. The molecule has 0 amide bonds. The van der Waals surface area contributed by atoms with E-state index >= 15 is 0 Å². The van der Waals surface area contributed by atoms with E-state index in [2.05, 4.69) is 195 Å². The number of hydrogen-bond acceptors (Lipinski definition) is 3. The fourth-order valence-electron chi connectivity index (χ4n) is 11.4. The van der Waals surface area contributed by atoms with Crippen LogP contribution in [0.2, 0.25) is 0 Å². The summed E-state index contributed by atoms with van der Waals surface area (Å²) in [5, 5.41) is 1.17. The van der Waals surface area contributed by atoms with Gasteiger partial charge in [-0.1, -0.05) is 129 Å². The quantitative estimate of drug-likeness (QED) is 0.163. The molecule has 11 rings (SSSR count). The molecule has 1 aromatic heterocycles. The molecular formula is C55H55BN2O. The van der Waals surface area contributed by atoms with E-state index in [0.29, 0.717) is 0 Å². The molecule has 4 heteroatoms. The predicted molar refractivity (Wildman–Crippen MR) is 251 cm³/mol. The number of furan rings is 1. The molecule has 0 N–H and O–H groups in total. The monoisotopic (exact) mass is 770 g/mol. The van der Waals surface area contributed by atoms with Gasteiger partial charge in [0.05, 0.1) is 5.69 Å². The molecule has 2 aliphatic carbocycles. The van der Waals surface area contributed by atoms with Gasteiger partial charge < -0.3 is 9.23 Å². The minimum Gasteiger partial charge on any atom is -0.440 e. The number of benzene rings is 6. The summed E-state index contributed by atoms with van der Waals surface area (Å²) in [6.07, 6.45) is 2.35. The third-order valence-electron chi connectivity index (χ3n) is 14.8. The molecule has 3 heterocycles. The molecule has 0 saturated carbocycles. The van der Waals surface area contributed by atoms with Gasteiger partial charge in [0, 0.05) is 38.9 Å². The van der Waals surface area contributed by atoms with E-state index in [1.807, 2.05) is 0 Å². The summed E-state index contributed by atoms with van der Waals surface area (Å²) in [6.45, 7) is 25.9. The minimum atomic E-state index is -0.135. The third kappa shape index (κ3) is 5.01. The molecule has 0 saturated heterocycles. The highest BCUT2D eigenvalue weighted by atomic mass is 16.4. The van der Waals surface area contributed by atoms with Crippen molar-refractivity contribution in [2.24, 2.45) is 0 Å². The van der Waals surface area contributed by atoms with Crippen molar-refractivity contribution in [2.75, 3.05) is 9.71 Å². The van der Waals surface area contributed by atoms with E-state index in [1.54, 1.807) is 0 Å². The molecule has 0 bridgehead atoms. The molecule has 0 atom stereocenters. The van der Waals surface area contributed by atoms with Crippen molar-refractivity contribution in [1.82, 2.24) is 0 Å². The van der Waals surface area contributed by atoms with E-state index < -0.39 is 0 Å². The smallest absolute Gasteiger partial charge is 0.337 e. The van der Waals surface area contributed by atoms with Crippen molar-refractivity contribution in [3.63, 3.8) is 0 Å². The Kier molecular flexibility index (Phi) is 7.34. The lowest BCUT2D eigenvalue weighted by molar-refractivity contribution is 0.332.